The van der Waals surface area contributed by atoms with Crippen molar-refractivity contribution in [2.45, 2.75) is 13.3 Å². The van der Waals surface area contributed by atoms with E-state index in [9.17, 15) is 14.9 Å². The second kappa shape index (κ2) is 5.83. The number of carbonyl (C=O) groups is 1. The summed E-state index contributed by atoms with van der Waals surface area (Å²) in [5.74, 6) is 0.452. The number of hydrogen-bond acceptors (Lipinski definition) is 5. The molecule has 0 spiro atoms. The highest BCUT2D eigenvalue weighted by atomic mass is 16.6. The number of carbonyl (C=O) groups excluding carboxylic acids is 1. The van der Waals surface area contributed by atoms with Crippen LogP contribution in [0.25, 0.3) is 0 Å². The molecule has 0 aliphatic carbocycles. The predicted molar refractivity (Wildman–Crippen MR) is 62.8 cm³/mol. The number of nitro benzene ring substituents is 1. The Labute approximate surface area is 98.5 Å². The maximum atomic E-state index is 10.6. The molecule has 0 aromatic heterocycles. The van der Waals surface area contributed by atoms with Gasteiger partial charge in [-0.3, -0.25) is 10.1 Å². The summed E-state index contributed by atoms with van der Waals surface area (Å²) in [6.45, 7) is 2.19. The van der Waals surface area contributed by atoms with Gasteiger partial charge in [0.15, 0.2) is 0 Å². The van der Waals surface area contributed by atoms with Crippen LogP contribution in [0, 0.1) is 16.0 Å². The zero-order valence-corrected chi connectivity index (χ0v) is 9.46. The molecule has 0 bridgehead atoms. The van der Waals surface area contributed by atoms with Crippen LogP contribution in [-0.4, -0.2) is 17.8 Å². The Morgan fingerprint density at radius 3 is 2.88 bits per heavy atom. The average Bonchev–Trinajstić information content (AvgIpc) is 2.28. The van der Waals surface area contributed by atoms with E-state index < -0.39 is 4.92 Å². The maximum Gasteiger partial charge on any atom is 0.295 e. The van der Waals surface area contributed by atoms with Crippen molar-refractivity contribution < 1.29 is 14.5 Å². The van der Waals surface area contributed by atoms with Gasteiger partial charge in [-0.25, -0.2) is 0 Å². The van der Waals surface area contributed by atoms with E-state index in [1.165, 1.54) is 12.1 Å². The molecule has 1 unspecified atom stereocenters. The Morgan fingerprint density at radius 2 is 2.29 bits per heavy atom. The molecule has 0 fully saturated rings. The summed E-state index contributed by atoms with van der Waals surface area (Å²) in [6, 6.07) is 4.27. The molecule has 0 saturated carbocycles. The number of rotatable bonds is 6. The Bertz CT molecular complexity index is 420. The predicted octanol–water partition coefficient (Wildman–Crippen LogP) is 1.78. The zero-order chi connectivity index (χ0) is 12.8. The molecule has 0 aliphatic rings. The van der Waals surface area contributed by atoms with Crippen molar-refractivity contribution in [3.63, 3.8) is 0 Å². The van der Waals surface area contributed by atoms with Crippen LogP contribution in [0.2, 0.25) is 0 Å². The van der Waals surface area contributed by atoms with Gasteiger partial charge in [0.1, 0.15) is 17.7 Å². The van der Waals surface area contributed by atoms with Crippen LogP contribution in [0.5, 0.6) is 5.75 Å². The molecule has 1 rings (SSSR count). The molecular formula is C11H14N2O4. The van der Waals surface area contributed by atoms with Crippen molar-refractivity contribution in [2.75, 3.05) is 12.3 Å². The van der Waals surface area contributed by atoms with Crippen molar-refractivity contribution in [3.05, 3.63) is 28.3 Å². The zero-order valence-electron chi connectivity index (χ0n) is 9.46. The summed E-state index contributed by atoms with van der Waals surface area (Å²) >= 11 is 0. The number of hydrogen-bond donors (Lipinski definition) is 1. The summed E-state index contributed by atoms with van der Waals surface area (Å²) in [5, 5.41) is 10.6. The fourth-order valence-corrected chi connectivity index (χ4v) is 1.24. The molecule has 0 aliphatic heterocycles. The van der Waals surface area contributed by atoms with E-state index in [4.69, 9.17) is 10.5 Å². The van der Waals surface area contributed by atoms with E-state index in [1.54, 1.807) is 6.07 Å². The lowest BCUT2D eigenvalue weighted by molar-refractivity contribution is -0.384. The van der Waals surface area contributed by atoms with Gasteiger partial charge in [0.2, 0.25) is 0 Å². The monoisotopic (exact) mass is 238 g/mol. The molecule has 17 heavy (non-hydrogen) atoms. The molecule has 6 nitrogen and oxygen atoms in total. The second-order valence-electron chi connectivity index (χ2n) is 3.80. The van der Waals surface area contributed by atoms with E-state index in [1.807, 2.05) is 6.92 Å². The molecule has 2 N–H and O–H groups in total. The molecular weight excluding hydrogens is 224 g/mol. The minimum absolute atomic E-state index is 0.0732. The molecule has 0 radical (unpaired) electrons. The molecule has 92 valence electrons. The van der Waals surface area contributed by atoms with Gasteiger partial charge in [-0.05, 0) is 18.1 Å². The number of ether oxygens (including phenoxy) is 1. The van der Waals surface area contributed by atoms with Gasteiger partial charge in [-0.15, -0.1) is 0 Å². The summed E-state index contributed by atoms with van der Waals surface area (Å²) in [4.78, 5) is 20.3. The van der Waals surface area contributed by atoms with Crippen LogP contribution in [0.1, 0.15) is 13.3 Å². The van der Waals surface area contributed by atoms with Gasteiger partial charge in [0.05, 0.1) is 17.6 Å². The van der Waals surface area contributed by atoms with E-state index in [-0.39, 0.29) is 17.3 Å². The quantitative estimate of drug-likeness (QED) is 0.352. The van der Waals surface area contributed by atoms with Gasteiger partial charge >= 0.3 is 0 Å². The van der Waals surface area contributed by atoms with Crippen molar-refractivity contribution in [2.24, 2.45) is 5.92 Å². The topological polar surface area (TPSA) is 95.5 Å². The third kappa shape index (κ3) is 3.75. The van der Waals surface area contributed by atoms with Gasteiger partial charge < -0.3 is 15.3 Å². The molecule has 0 saturated heterocycles. The number of nitrogens with zero attached hydrogens (tertiary/aromatic N) is 1. The van der Waals surface area contributed by atoms with Crippen LogP contribution in [-0.2, 0) is 4.79 Å². The van der Waals surface area contributed by atoms with Crippen LogP contribution >= 0.6 is 0 Å². The normalized spacial score (nSPS) is 11.8. The smallest absolute Gasteiger partial charge is 0.295 e. The number of anilines is 1. The number of nitrogens with two attached hydrogens (primary N) is 1. The first-order valence-corrected chi connectivity index (χ1v) is 5.15. The van der Waals surface area contributed by atoms with Crippen molar-refractivity contribution >= 4 is 17.7 Å². The summed E-state index contributed by atoms with van der Waals surface area (Å²) in [5.41, 5.74) is 5.38. The summed E-state index contributed by atoms with van der Waals surface area (Å²) in [7, 11) is 0. The minimum atomic E-state index is -0.558. The number of aldehydes is 1. The van der Waals surface area contributed by atoms with Crippen molar-refractivity contribution in [3.8, 4) is 5.75 Å². The molecule has 1 atom stereocenters. The van der Waals surface area contributed by atoms with Crippen LogP contribution < -0.4 is 10.5 Å². The number of nitrogen functional groups attached to an aromatic ring is 1. The SMILES string of the molecule is CC(CC=O)COc1ccc(N)c([N+](=O)[O-])c1. The van der Waals surface area contributed by atoms with E-state index in [2.05, 4.69) is 0 Å². The molecule has 1 aromatic carbocycles. The van der Waals surface area contributed by atoms with Gasteiger partial charge in [-0.1, -0.05) is 6.92 Å². The summed E-state index contributed by atoms with van der Waals surface area (Å²) < 4.78 is 5.35. The first-order valence-electron chi connectivity index (χ1n) is 5.15. The third-order valence-electron chi connectivity index (χ3n) is 2.23. The lowest BCUT2D eigenvalue weighted by atomic mass is 10.1. The molecule has 1 aromatic rings. The highest BCUT2D eigenvalue weighted by Gasteiger charge is 2.13. The van der Waals surface area contributed by atoms with Crippen LogP contribution in [0.3, 0.4) is 0 Å². The standard InChI is InChI=1S/C11H14N2O4/c1-8(4-5-14)7-17-9-2-3-10(12)11(6-9)13(15)16/h2-3,5-6,8H,4,7,12H2,1H3. The number of nitro groups is 1. The van der Waals surface area contributed by atoms with Gasteiger partial charge in [0, 0.05) is 6.42 Å². The van der Waals surface area contributed by atoms with Crippen molar-refractivity contribution in [1.82, 2.24) is 0 Å². The molecule has 0 amide bonds. The Balaban J connectivity index is 2.69. The fourth-order valence-electron chi connectivity index (χ4n) is 1.24. The minimum Gasteiger partial charge on any atom is -0.493 e. The van der Waals surface area contributed by atoms with Crippen LogP contribution in [0.4, 0.5) is 11.4 Å². The molecule has 6 heteroatoms. The lowest BCUT2D eigenvalue weighted by Gasteiger charge is -2.10. The Morgan fingerprint density at radius 1 is 1.59 bits per heavy atom. The summed E-state index contributed by atoms with van der Waals surface area (Å²) in [6.07, 6.45) is 1.22. The largest absolute Gasteiger partial charge is 0.493 e. The number of benzene rings is 1. The second-order valence-corrected chi connectivity index (χ2v) is 3.80. The van der Waals surface area contributed by atoms with Gasteiger partial charge in [0.25, 0.3) is 5.69 Å². The highest BCUT2D eigenvalue weighted by molar-refractivity contribution is 5.60. The van der Waals surface area contributed by atoms with E-state index in [0.29, 0.717) is 18.8 Å². The first-order chi connectivity index (χ1) is 8.04. The van der Waals surface area contributed by atoms with Gasteiger partial charge in [-0.2, -0.15) is 0 Å². The Hall–Kier alpha value is -2.11. The van der Waals surface area contributed by atoms with E-state index >= 15 is 0 Å². The average molecular weight is 238 g/mol. The molecule has 0 heterocycles. The lowest BCUT2D eigenvalue weighted by Crippen LogP contribution is -2.09. The van der Waals surface area contributed by atoms with Crippen molar-refractivity contribution in [1.29, 1.82) is 0 Å². The van der Waals surface area contributed by atoms with E-state index in [0.717, 1.165) is 6.29 Å². The third-order valence-corrected chi connectivity index (χ3v) is 2.23. The van der Waals surface area contributed by atoms with Crippen LogP contribution in [0.15, 0.2) is 18.2 Å². The first kappa shape index (κ1) is 13.0. The maximum absolute atomic E-state index is 10.6. The fraction of sp³-hybridized carbons (Fsp3) is 0.364. The Kier molecular flexibility index (Phi) is 4.45. The highest BCUT2D eigenvalue weighted by Crippen LogP contribution is 2.26.